The van der Waals surface area contributed by atoms with E-state index in [1.807, 2.05) is 43.0 Å². The molecule has 1 aliphatic heterocycles. The number of hydrogen-bond acceptors (Lipinski definition) is 3. The van der Waals surface area contributed by atoms with Gasteiger partial charge < -0.3 is 16.0 Å². The normalized spacial score (nSPS) is 15.1. The van der Waals surface area contributed by atoms with Gasteiger partial charge in [0.1, 0.15) is 0 Å². The van der Waals surface area contributed by atoms with E-state index in [0.29, 0.717) is 19.5 Å². The van der Waals surface area contributed by atoms with E-state index in [1.165, 1.54) is 0 Å². The molecule has 0 atom stereocenters. The van der Waals surface area contributed by atoms with Crippen LogP contribution in [-0.4, -0.2) is 29.8 Å². The third-order valence-electron chi connectivity index (χ3n) is 4.98. The van der Waals surface area contributed by atoms with E-state index in [0.717, 1.165) is 37.1 Å². The fourth-order valence-electron chi connectivity index (χ4n) is 3.00. The van der Waals surface area contributed by atoms with E-state index >= 15 is 0 Å². The van der Waals surface area contributed by atoms with Crippen LogP contribution in [0, 0.1) is 5.41 Å². The summed E-state index contributed by atoms with van der Waals surface area (Å²) >= 11 is 0. The largest absolute Gasteiger partial charge is 0.338 e. The lowest BCUT2D eigenvalue weighted by Crippen LogP contribution is -2.41. The highest BCUT2D eigenvalue weighted by Gasteiger charge is 2.33. The van der Waals surface area contributed by atoms with Crippen molar-refractivity contribution in [1.29, 1.82) is 0 Å². The Balaban J connectivity index is 1.99. The zero-order valence-corrected chi connectivity index (χ0v) is 14.1. The maximum Gasteiger partial charge on any atom is 0.231 e. The predicted octanol–water partition coefficient (Wildman–Crippen LogP) is 2.51. The fourth-order valence-corrected chi connectivity index (χ4v) is 3.00. The van der Waals surface area contributed by atoms with Crippen LogP contribution >= 0.6 is 0 Å². The second-order valence-corrected chi connectivity index (χ2v) is 6.26. The summed E-state index contributed by atoms with van der Waals surface area (Å²) in [5, 5.41) is 2.97. The Labute approximate surface area is 138 Å². The number of anilines is 1. The van der Waals surface area contributed by atoms with Crippen molar-refractivity contribution in [3.8, 4) is 0 Å². The van der Waals surface area contributed by atoms with E-state index < -0.39 is 5.41 Å². The SMILES string of the molecule is CCC(CC)(CN)C(=O)Nc1ccc(CN2CCCC2=O)cc1. The molecule has 1 aromatic carbocycles. The minimum atomic E-state index is -0.499. The molecular weight excluding hydrogens is 290 g/mol. The van der Waals surface area contributed by atoms with Crippen LogP contribution in [0.25, 0.3) is 0 Å². The number of nitrogens with two attached hydrogens (primary N) is 1. The second kappa shape index (κ2) is 7.59. The van der Waals surface area contributed by atoms with Crippen molar-refractivity contribution in [2.24, 2.45) is 11.1 Å². The molecule has 0 aromatic heterocycles. The van der Waals surface area contributed by atoms with Crippen molar-refractivity contribution in [3.05, 3.63) is 29.8 Å². The van der Waals surface area contributed by atoms with Gasteiger partial charge in [0.15, 0.2) is 0 Å². The monoisotopic (exact) mass is 317 g/mol. The Bertz CT molecular complexity index is 542. The molecule has 5 nitrogen and oxygen atoms in total. The van der Waals surface area contributed by atoms with Gasteiger partial charge in [0, 0.05) is 31.7 Å². The lowest BCUT2D eigenvalue weighted by atomic mass is 9.81. The van der Waals surface area contributed by atoms with Crippen molar-refractivity contribution in [2.45, 2.75) is 46.1 Å². The molecule has 23 heavy (non-hydrogen) atoms. The molecular formula is C18H27N3O2. The van der Waals surface area contributed by atoms with Gasteiger partial charge in [0.05, 0.1) is 5.41 Å². The van der Waals surface area contributed by atoms with Crippen LogP contribution < -0.4 is 11.1 Å². The van der Waals surface area contributed by atoms with E-state index in [2.05, 4.69) is 5.32 Å². The Morgan fingerprint density at radius 1 is 1.26 bits per heavy atom. The van der Waals surface area contributed by atoms with Crippen LogP contribution in [0.3, 0.4) is 0 Å². The van der Waals surface area contributed by atoms with Crippen LogP contribution in [0.5, 0.6) is 0 Å². The number of rotatable bonds is 7. The summed E-state index contributed by atoms with van der Waals surface area (Å²) in [6, 6.07) is 7.70. The second-order valence-electron chi connectivity index (χ2n) is 6.26. The fraction of sp³-hybridized carbons (Fsp3) is 0.556. The number of nitrogens with one attached hydrogen (secondary N) is 1. The third-order valence-corrected chi connectivity index (χ3v) is 4.98. The molecule has 0 spiro atoms. The highest BCUT2D eigenvalue weighted by Crippen LogP contribution is 2.27. The zero-order chi connectivity index (χ0) is 16.9. The molecule has 2 amide bonds. The molecule has 0 radical (unpaired) electrons. The standard InChI is InChI=1S/C18H27N3O2/c1-3-18(4-2,13-19)17(23)20-15-9-7-14(8-10-15)12-21-11-5-6-16(21)22/h7-10H,3-6,11-13,19H2,1-2H3,(H,20,23). The van der Waals surface area contributed by atoms with Gasteiger partial charge in [-0.25, -0.2) is 0 Å². The van der Waals surface area contributed by atoms with Crippen LogP contribution in [0.15, 0.2) is 24.3 Å². The van der Waals surface area contributed by atoms with Gasteiger partial charge in [-0.15, -0.1) is 0 Å². The Morgan fingerprint density at radius 2 is 1.91 bits per heavy atom. The molecule has 1 aromatic rings. The molecule has 0 bridgehead atoms. The molecule has 3 N–H and O–H groups in total. The smallest absolute Gasteiger partial charge is 0.231 e. The molecule has 1 heterocycles. The van der Waals surface area contributed by atoms with Gasteiger partial charge >= 0.3 is 0 Å². The van der Waals surface area contributed by atoms with Crippen molar-refractivity contribution in [3.63, 3.8) is 0 Å². The quantitative estimate of drug-likeness (QED) is 0.811. The zero-order valence-electron chi connectivity index (χ0n) is 14.1. The summed E-state index contributed by atoms with van der Waals surface area (Å²) < 4.78 is 0. The van der Waals surface area contributed by atoms with Crippen LogP contribution in [0.2, 0.25) is 0 Å². The summed E-state index contributed by atoms with van der Waals surface area (Å²) in [7, 11) is 0. The minimum absolute atomic E-state index is 0.0209. The van der Waals surface area contributed by atoms with E-state index in [-0.39, 0.29) is 11.8 Å². The molecule has 126 valence electrons. The Hall–Kier alpha value is -1.88. The maximum absolute atomic E-state index is 12.5. The number of amides is 2. The van der Waals surface area contributed by atoms with Crippen molar-refractivity contribution in [1.82, 2.24) is 4.90 Å². The number of hydrogen-bond donors (Lipinski definition) is 2. The van der Waals surface area contributed by atoms with Gasteiger partial charge in [0.25, 0.3) is 0 Å². The molecule has 5 heteroatoms. The van der Waals surface area contributed by atoms with Gasteiger partial charge in [-0.1, -0.05) is 26.0 Å². The molecule has 0 aliphatic carbocycles. The van der Waals surface area contributed by atoms with Crippen LogP contribution in [-0.2, 0) is 16.1 Å². The molecule has 1 aliphatic rings. The molecule has 1 saturated heterocycles. The van der Waals surface area contributed by atoms with Gasteiger partial charge in [-0.3, -0.25) is 9.59 Å². The van der Waals surface area contributed by atoms with Gasteiger partial charge in [0.2, 0.25) is 11.8 Å². The minimum Gasteiger partial charge on any atom is -0.338 e. The molecule has 1 fully saturated rings. The first-order valence-corrected chi connectivity index (χ1v) is 8.43. The van der Waals surface area contributed by atoms with Crippen LogP contribution in [0.4, 0.5) is 5.69 Å². The van der Waals surface area contributed by atoms with Crippen molar-refractivity contribution >= 4 is 17.5 Å². The Kier molecular flexibility index (Phi) is 5.77. The molecule has 0 saturated carbocycles. The number of nitrogens with zero attached hydrogens (tertiary/aromatic N) is 1. The average molecular weight is 317 g/mol. The first-order valence-electron chi connectivity index (χ1n) is 8.43. The summed E-state index contributed by atoms with van der Waals surface area (Å²) in [6.07, 6.45) is 3.05. The van der Waals surface area contributed by atoms with Crippen molar-refractivity contribution < 1.29 is 9.59 Å². The third kappa shape index (κ3) is 3.91. The number of benzene rings is 1. The summed E-state index contributed by atoms with van der Waals surface area (Å²) in [4.78, 5) is 26.0. The lowest BCUT2D eigenvalue weighted by molar-refractivity contribution is -0.128. The Morgan fingerprint density at radius 3 is 2.39 bits per heavy atom. The predicted molar refractivity (Wildman–Crippen MR) is 91.8 cm³/mol. The van der Waals surface area contributed by atoms with E-state index in [9.17, 15) is 9.59 Å². The average Bonchev–Trinajstić information content (AvgIpc) is 2.96. The lowest BCUT2D eigenvalue weighted by Gasteiger charge is -2.28. The summed E-state index contributed by atoms with van der Waals surface area (Å²) in [5.41, 5.74) is 7.16. The summed E-state index contributed by atoms with van der Waals surface area (Å²) in [5.74, 6) is 0.202. The molecule has 2 rings (SSSR count). The maximum atomic E-state index is 12.5. The number of carbonyl (C=O) groups is 2. The highest BCUT2D eigenvalue weighted by atomic mass is 16.2. The van der Waals surface area contributed by atoms with Crippen molar-refractivity contribution in [2.75, 3.05) is 18.4 Å². The first kappa shape index (κ1) is 17.5. The van der Waals surface area contributed by atoms with Crippen LogP contribution in [0.1, 0.15) is 45.1 Å². The van der Waals surface area contributed by atoms with Gasteiger partial charge in [-0.05, 0) is 37.0 Å². The van der Waals surface area contributed by atoms with Gasteiger partial charge in [-0.2, -0.15) is 0 Å². The highest BCUT2D eigenvalue weighted by molar-refractivity contribution is 5.95. The number of carbonyl (C=O) groups excluding carboxylic acids is 2. The molecule has 0 unspecified atom stereocenters. The van der Waals surface area contributed by atoms with E-state index in [1.54, 1.807) is 0 Å². The summed E-state index contributed by atoms with van der Waals surface area (Å²) in [6.45, 7) is 5.81. The van der Waals surface area contributed by atoms with E-state index in [4.69, 9.17) is 5.73 Å². The first-order chi connectivity index (χ1) is 11.0. The topological polar surface area (TPSA) is 75.4 Å². The number of likely N-dealkylation sites (tertiary alicyclic amines) is 1.